The second kappa shape index (κ2) is 5.04. The van der Waals surface area contributed by atoms with Crippen molar-refractivity contribution in [3.05, 3.63) is 34.1 Å². The van der Waals surface area contributed by atoms with Crippen LogP contribution in [0.1, 0.15) is 22.5 Å². The smallest absolute Gasteiger partial charge is 0.213 e. The molecule has 5 heteroatoms. The molecule has 0 saturated carbocycles. The van der Waals surface area contributed by atoms with Crippen LogP contribution in [0, 0.1) is 0 Å². The Kier molecular flexibility index (Phi) is 3.47. The van der Waals surface area contributed by atoms with E-state index in [2.05, 4.69) is 39.0 Å². The van der Waals surface area contributed by atoms with E-state index in [9.17, 15) is 0 Å². The summed E-state index contributed by atoms with van der Waals surface area (Å²) in [7, 11) is 0. The third-order valence-corrected chi connectivity index (χ3v) is 3.28. The van der Waals surface area contributed by atoms with Crippen molar-refractivity contribution in [3.63, 3.8) is 0 Å². The highest BCUT2D eigenvalue weighted by atomic mass is 32.1. The molecule has 0 aliphatic carbocycles. The van der Waals surface area contributed by atoms with Crippen LogP contribution in [0.2, 0.25) is 0 Å². The SMILES string of the molecule is CCc1ccc(CNCc2ncon2)s1. The van der Waals surface area contributed by atoms with Crippen LogP contribution in [-0.2, 0) is 19.5 Å². The molecule has 0 bridgehead atoms. The van der Waals surface area contributed by atoms with E-state index in [1.807, 2.05) is 11.3 Å². The maximum Gasteiger partial charge on any atom is 0.213 e. The fraction of sp³-hybridized carbons (Fsp3) is 0.400. The van der Waals surface area contributed by atoms with E-state index in [0.717, 1.165) is 13.0 Å². The van der Waals surface area contributed by atoms with Gasteiger partial charge in [-0.15, -0.1) is 11.3 Å². The lowest BCUT2D eigenvalue weighted by molar-refractivity contribution is 0.407. The van der Waals surface area contributed by atoms with Gasteiger partial charge in [0.05, 0.1) is 6.54 Å². The Morgan fingerprint density at radius 3 is 2.87 bits per heavy atom. The van der Waals surface area contributed by atoms with E-state index < -0.39 is 0 Å². The highest BCUT2D eigenvalue weighted by Crippen LogP contribution is 2.16. The molecule has 15 heavy (non-hydrogen) atoms. The van der Waals surface area contributed by atoms with E-state index in [0.29, 0.717) is 12.4 Å². The zero-order chi connectivity index (χ0) is 10.5. The number of rotatable bonds is 5. The van der Waals surface area contributed by atoms with Gasteiger partial charge in [0.15, 0.2) is 5.82 Å². The number of thiophene rings is 1. The van der Waals surface area contributed by atoms with Crippen LogP contribution < -0.4 is 5.32 Å². The van der Waals surface area contributed by atoms with Crippen molar-refractivity contribution >= 4 is 11.3 Å². The van der Waals surface area contributed by atoms with Crippen LogP contribution in [0.4, 0.5) is 0 Å². The molecule has 2 aromatic rings. The normalized spacial score (nSPS) is 10.7. The molecular formula is C10H13N3OS. The molecule has 4 nitrogen and oxygen atoms in total. The van der Waals surface area contributed by atoms with Crippen molar-refractivity contribution in [3.8, 4) is 0 Å². The van der Waals surface area contributed by atoms with Gasteiger partial charge in [-0.25, -0.2) is 0 Å². The summed E-state index contributed by atoms with van der Waals surface area (Å²) in [6.07, 6.45) is 2.45. The standard InChI is InChI=1S/C10H13N3OS/c1-2-8-3-4-9(15-8)5-11-6-10-12-7-14-13-10/h3-4,7,11H,2,5-6H2,1H3. The molecule has 0 spiro atoms. The minimum atomic E-state index is 0.649. The molecule has 0 aliphatic heterocycles. The lowest BCUT2D eigenvalue weighted by Gasteiger charge is -1.97. The summed E-state index contributed by atoms with van der Waals surface area (Å²) in [6, 6.07) is 4.34. The summed E-state index contributed by atoms with van der Waals surface area (Å²) in [4.78, 5) is 6.70. The lowest BCUT2D eigenvalue weighted by Crippen LogP contribution is -2.12. The first-order chi connectivity index (χ1) is 7.38. The van der Waals surface area contributed by atoms with Crippen LogP contribution >= 0.6 is 11.3 Å². The Morgan fingerprint density at radius 2 is 2.20 bits per heavy atom. The summed E-state index contributed by atoms with van der Waals surface area (Å²) in [5.74, 6) is 0.697. The highest BCUT2D eigenvalue weighted by molar-refractivity contribution is 7.11. The highest BCUT2D eigenvalue weighted by Gasteiger charge is 2.00. The topological polar surface area (TPSA) is 51.0 Å². The van der Waals surface area contributed by atoms with Crippen LogP contribution in [0.25, 0.3) is 0 Å². The number of hydrogen-bond acceptors (Lipinski definition) is 5. The summed E-state index contributed by atoms with van der Waals surface area (Å²) < 4.78 is 4.64. The third kappa shape index (κ3) is 2.87. The summed E-state index contributed by atoms with van der Waals surface area (Å²) in [5, 5.41) is 6.99. The monoisotopic (exact) mass is 223 g/mol. The Hall–Kier alpha value is -1.20. The number of nitrogens with one attached hydrogen (secondary N) is 1. The van der Waals surface area contributed by atoms with E-state index in [1.54, 1.807) is 0 Å². The third-order valence-electron chi connectivity index (χ3n) is 2.06. The average molecular weight is 223 g/mol. The molecule has 0 saturated heterocycles. The molecule has 0 atom stereocenters. The first-order valence-corrected chi connectivity index (χ1v) is 5.73. The Morgan fingerprint density at radius 1 is 1.33 bits per heavy atom. The zero-order valence-electron chi connectivity index (χ0n) is 8.56. The maximum atomic E-state index is 4.64. The van der Waals surface area contributed by atoms with Gasteiger partial charge < -0.3 is 9.84 Å². The van der Waals surface area contributed by atoms with Crippen LogP contribution in [0.15, 0.2) is 23.0 Å². The van der Waals surface area contributed by atoms with Gasteiger partial charge in [0.2, 0.25) is 6.39 Å². The van der Waals surface area contributed by atoms with Gasteiger partial charge >= 0.3 is 0 Å². The lowest BCUT2D eigenvalue weighted by atomic mass is 10.3. The predicted molar refractivity (Wildman–Crippen MR) is 58.5 cm³/mol. The quantitative estimate of drug-likeness (QED) is 0.842. The van der Waals surface area contributed by atoms with Gasteiger partial charge in [0, 0.05) is 16.3 Å². The molecule has 0 aromatic carbocycles. The van der Waals surface area contributed by atoms with Crippen molar-refractivity contribution in [2.75, 3.05) is 0 Å². The Balaban J connectivity index is 1.78. The van der Waals surface area contributed by atoms with Crippen LogP contribution in [0.3, 0.4) is 0 Å². The van der Waals surface area contributed by atoms with Crippen molar-refractivity contribution in [1.29, 1.82) is 0 Å². The van der Waals surface area contributed by atoms with Gasteiger partial charge in [0.25, 0.3) is 0 Å². The molecule has 2 rings (SSSR count). The Bertz CT molecular complexity index is 396. The van der Waals surface area contributed by atoms with Crippen LogP contribution in [-0.4, -0.2) is 10.1 Å². The fourth-order valence-corrected chi connectivity index (χ4v) is 2.20. The second-order valence-electron chi connectivity index (χ2n) is 3.17. The molecule has 0 radical (unpaired) electrons. The minimum absolute atomic E-state index is 0.649. The molecule has 1 N–H and O–H groups in total. The van der Waals surface area contributed by atoms with E-state index >= 15 is 0 Å². The summed E-state index contributed by atoms with van der Waals surface area (Å²) >= 11 is 1.84. The summed E-state index contributed by atoms with van der Waals surface area (Å²) in [6.45, 7) is 3.68. The maximum absolute atomic E-state index is 4.64. The number of aromatic nitrogens is 2. The predicted octanol–water partition coefficient (Wildman–Crippen LogP) is 1.98. The Labute approximate surface area is 92.3 Å². The van der Waals surface area contributed by atoms with Gasteiger partial charge in [-0.05, 0) is 18.6 Å². The van der Waals surface area contributed by atoms with Crippen molar-refractivity contribution in [2.24, 2.45) is 0 Å². The number of hydrogen-bond donors (Lipinski definition) is 1. The van der Waals surface area contributed by atoms with Gasteiger partial charge in [-0.3, -0.25) is 0 Å². The largest absolute Gasteiger partial charge is 0.343 e. The van der Waals surface area contributed by atoms with Crippen molar-refractivity contribution < 1.29 is 4.52 Å². The molecule has 0 aliphatic rings. The fourth-order valence-electron chi connectivity index (χ4n) is 1.28. The average Bonchev–Trinajstić information content (AvgIpc) is 2.88. The van der Waals surface area contributed by atoms with Crippen molar-refractivity contribution in [1.82, 2.24) is 15.5 Å². The first-order valence-electron chi connectivity index (χ1n) is 4.92. The molecule has 80 valence electrons. The minimum Gasteiger partial charge on any atom is -0.343 e. The number of nitrogens with zero attached hydrogens (tertiary/aromatic N) is 2. The number of aryl methyl sites for hydroxylation is 1. The van der Waals surface area contributed by atoms with Gasteiger partial charge in [0.1, 0.15) is 0 Å². The van der Waals surface area contributed by atoms with Gasteiger partial charge in [-0.1, -0.05) is 12.1 Å². The molecule has 0 fully saturated rings. The van der Waals surface area contributed by atoms with Crippen LogP contribution in [0.5, 0.6) is 0 Å². The van der Waals surface area contributed by atoms with E-state index in [-0.39, 0.29) is 0 Å². The first kappa shape index (κ1) is 10.3. The molecule has 0 amide bonds. The van der Waals surface area contributed by atoms with Gasteiger partial charge in [-0.2, -0.15) is 4.98 Å². The molecule has 2 aromatic heterocycles. The summed E-state index contributed by atoms with van der Waals surface area (Å²) in [5.41, 5.74) is 0. The van der Waals surface area contributed by atoms with E-state index in [1.165, 1.54) is 16.1 Å². The molecule has 2 heterocycles. The molecule has 0 unspecified atom stereocenters. The zero-order valence-corrected chi connectivity index (χ0v) is 9.38. The molecular weight excluding hydrogens is 210 g/mol. The van der Waals surface area contributed by atoms with Crippen molar-refractivity contribution in [2.45, 2.75) is 26.4 Å². The van der Waals surface area contributed by atoms with E-state index in [4.69, 9.17) is 0 Å². The second-order valence-corrected chi connectivity index (χ2v) is 4.43.